The molecule has 0 saturated carbocycles. The van der Waals surface area contributed by atoms with E-state index in [2.05, 4.69) is 6.92 Å². The van der Waals surface area contributed by atoms with E-state index in [-0.39, 0.29) is 13.2 Å². The highest BCUT2D eigenvalue weighted by atomic mass is 16.5. The standard InChI is InChI=1S/C14H22O3/c1-2-3-4-5-6-17-14-8-12(10-15)7-13(9-14)11-16/h7-9,15-16H,2-6,10-11H2,1H3. The fourth-order valence-corrected chi connectivity index (χ4v) is 1.71. The summed E-state index contributed by atoms with van der Waals surface area (Å²) in [5, 5.41) is 18.2. The molecule has 1 aromatic carbocycles. The predicted molar refractivity (Wildman–Crippen MR) is 67.9 cm³/mol. The third-order valence-electron chi connectivity index (χ3n) is 2.66. The first kappa shape index (κ1) is 14.0. The average molecular weight is 238 g/mol. The van der Waals surface area contributed by atoms with Crippen molar-refractivity contribution >= 4 is 0 Å². The summed E-state index contributed by atoms with van der Waals surface area (Å²) in [4.78, 5) is 0. The smallest absolute Gasteiger partial charge is 0.120 e. The van der Waals surface area contributed by atoms with Crippen LogP contribution in [-0.2, 0) is 13.2 Å². The van der Waals surface area contributed by atoms with E-state index < -0.39 is 0 Å². The molecule has 1 aromatic rings. The molecule has 0 radical (unpaired) electrons. The van der Waals surface area contributed by atoms with Gasteiger partial charge in [0.2, 0.25) is 0 Å². The highest BCUT2D eigenvalue weighted by Gasteiger charge is 2.01. The average Bonchev–Trinajstić information content (AvgIpc) is 2.38. The van der Waals surface area contributed by atoms with E-state index >= 15 is 0 Å². The van der Waals surface area contributed by atoms with Gasteiger partial charge in [0.1, 0.15) is 5.75 Å². The molecule has 0 saturated heterocycles. The molecule has 0 heterocycles. The topological polar surface area (TPSA) is 49.7 Å². The molecule has 0 spiro atoms. The molecule has 96 valence electrons. The van der Waals surface area contributed by atoms with Crippen molar-refractivity contribution < 1.29 is 14.9 Å². The third kappa shape index (κ3) is 5.20. The number of aliphatic hydroxyl groups excluding tert-OH is 2. The maximum absolute atomic E-state index is 9.09. The molecule has 0 aromatic heterocycles. The molecule has 0 aliphatic carbocycles. The summed E-state index contributed by atoms with van der Waals surface area (Å²) in [6.07, 6.45) is 4.69. The molecular formula is C14H22O3. The molecule has 3 nitrogen and oxygen atoms in total. The van der Waals surface area contributed by atoms with Crippen LogP contribution in [0.5, 0.6) is 5.75 Å². The normalized spacial score (nSPS) is 10.5. The van der Waals surface area contributed by atoms with Crippen LogP contribution in [-0.4, -0.2) is 16.8 Å². The minimum absolute atomic E-state index is 0.0277. The zero-order chi connectivity index (χ0) is 12.5. The molecule has 17 heavy (non-hydrogen) atoms. The van der Waals surface area contributed by atoms with Gasteiger partial charge in [-0.05, 0) is 29.7 Å². The molecule has 1 rings (SSSR count). The lowest BCUT2D eigenvalue weighted by molar-refractivity contribution is 0.270. The van der Waals surface area contributed by atoms with Crippen molar-refractivity contribution in [2.24, 2.45) is 0 Å². The van der Waals surface area contributed by atoms with Gasteiger partial charge in [0.15, 0.2) is 0 Å². The number of unbranched alkanes of at least 4 members (excludes halogenated alkanes) is 3. The van der Waals surface area contributed by atoms with Crippen LogP contribution in [0.2, 0.25) is 0 Å². The van der Waals surface area contributed by atoms with Crippen molar-refractivity contribution in [3.05, 3.63) is 29.3 Å². The van der Waals surface area contributed by atoms with Crippen LogP contribution in [0.25, 0.3) is 0 Å². The van der Waals surface area contributed by atoms with E-state index in [9.17, 15) is 0 Å². The Morgan fingerprint density at radius 1 is 0.941 bits per heavy atom. The van der Waals surface area contributed by atoms with Gasteiger partial charge in [0.05, 0.1) is 19.8 Å². The first-order chi connectivity index (χ1) is 8.30. The number of benzene rings is 1. The largest absolute Gasteiger partial charge is 0.494 e. The molecule has 2 N–H and O–H groups in total. The van der Waals surface area contributed by atoms with Crippen LogP contribution >= 0.6 is 0 Å². The highest BCUT2D eigenvalue weighted by molar-refractivity contribution is 5.33. The SMILES string of the molecule is CCCCCCOc1cc(CO)cc(CO)c1. The number of hydrogen-bond acceptors (Lipinski definition) is 3. The molecule has 3 heteroatoms. The Hall–Kier alpha value is -1.06. The lowest BCUT2D eigenvalue weighted by Gasteiger charge is -2.09. The van der Waals surface area contributed by atoms with Crippen LogP contribution in [0, 0.1) is 0 Å². The minimum Gasteiger partial charge on any atom is -0.494 e. The maximum atomic E-state index is 9.09. The van der Waals surface area contributed by atoms with Crippen LogP contribution in [0.1, 0.15) is 43.7 Å². The van der Waals surface area contributed by atoms with Gasteiger partial charge < -0.3 is 14.9 Å². The molecule has 0 aliphatic rings. The van der Waals surface area contributed by atoms with Crippen molar-refractivity contribution in [2.75, 3.05) is 6.61 Å². The molecule has 0 amide bonds. The van der Waals surface area contributed by atoms with E-state index in [1.54, 1.807) is 6.07 Å². The Bertz CT molecular complexity index is 301. The summed E-state index contributed by atoms with van der Waals surface area (Å²) in [5.74, 6) is 0.733. The Labute approximate surface area is 103 Å². The molecule has 0 aliphatic heterocycles. The van der Waals surface area contributed by atoms with Crippen molar-refractivity contribution in [1.29, 1.82) is 0 Å². The van der Waals surface area contributed by atoms with Crippen LogP contribution in [0.4, 0.5) is 0 Å². The van der Waals surface area contributed by atoms with Crippen LogP contribution in [0.3, 0.4) is 0 Å². The molecule has 0 atom stereocenters. The Morgan fingerprint density at radius 2 is 1.59 bits per heavy atom. The zero-order valence-corrected chi connectivity index (χ0v) is 10.5. The van der Waals surface area contributed by atoms with Gasteiger partial charge in [-0.15, -0.1) is 0 Å². The minimum atomic E-state index is -0.0277. The number of hydrogen-bond donors (Lipinski definition) is 2. The zero-order valence-electron chi connectivity index (χ0n) is 10.5. The highest BCUT2D eigenvalue weighted by Crippen LogP contribution is 2.18. The van der Waals surface area contributed by atoms with E-state index in [0.717, 1.165) is 23.3 Å². The number of ether oxygens (including phenoxy) is 1. The molecule has 0 unspecified atom stereocenters. The Balaban J connectivity index is 2.46. The summed E-state index contributed by atoms with van der Waals surface area (Å²) in [6.45, 7) is 2.82. The van der Waals surface area contributed by atoms with Gasteiger partial charge in [-0.3, -0.25) is 0 Å². The lowest BCUT2D eigenvalue weighted by atomic mass is 10.1. The number of rotatable bonds is 8. The summed E-state index contributed by atoms with van der Waals surface area (Å²) in [5.41, 5.74) is 1.56. The van der Waals surface area contributed by atoms with Crippen molar-refractivity contribution in [3.8, 4) is 5.75 Å². The second kappa shape index (κ2) is 8.09. The third-order valence-corrected chi connectivity index (χ3v) is 2.66. The van der Waals surface area contributed by atoms with Crippen molar-refractivity contribution in [1.82, 2.24) is 0 Å². The second-order valence-electron chi connectivity index (χ2n) is 4.21. The summed E-state index contributed by atoms with van der Waals surface area (Å²) in [6, 6.07) is 5.42. The van der Waals surface area contributed by atoms with E-state index in [4.69, 9.17) is 14.9 Å². The fourth-order valence-electron chi connectivity index (χ4n) is 1.71. The second-order valence-corrected chi connectivity index (χ2v) is 4.21. The van der Waals surface area contributed by atoms with Crippen LogP contribution in [0.15, 0.2) is 18.2 Å². The van der Waals surface area contributed by atoms with Gasteiger partial charge in [0.25, 0.3) is 0 Å². The van der Waals surface area contributed by atoms with E-state index in [1.807, 2.05) is 12.1 Å². The van der Waals surface area contributed by atoms with Gasteiger partial charge in [-0.25, -0.2) is 0 Å². The van der Waals surface area contributed by atoms with Gasteiger partial charge >= 0.3 is 0 Å². The van der Waals surface area contributed by atoms with Gasteiger partial charge in [-0.2, -0.15) is 0 Å². The molecule has 0 bridgehead atoms. The quantitative estimate of drug-likeness (QED) is 0.684. The lowest BCUT2D eigenvalue weighted by Crippen LogP contribution is -1.99. The van der Waals surface area contributed by atoms with Crippen LogP contribution < -0.4 is 4.74 Å². The molecular weight excluding hydrogens is 216 g/mol. The maximum Gasteiger partial charge on any atom is 0.120 e. The van der Waals surface area contributed by atoms with Gasteiger partial charge in [0, 0.05) is 0 Å². The summed E-state index contributed by atoms with van der Waals surface area (Å²) in [7, 11) is 0. The monoisotopic (exact) mass is 238 g/mol. The fraction of sp³-hybridized carbons (Fsp3) is 0.571. The summed E-state index contributed by atoms with van der Waals surface area (Å²) < 4.78 is 5.62. The first-order valence-corrected chi connectivity index (χ1v) is 6.27. The Kier molecular flexibility index (Phi) is 6.67. The molecule has 0 fully saturated rings. The first-order valence-electron chi connectivity index (χ1n) is 6.27. The number of aliphatic hydroxyl groups is 2. The van der Waals surface area contributed by atoms with E-state index in [0.29, 0.717) is 6.61 Å². The van der Waals surface area contributed by atoms with Gasteiger partial charge in [-0.1, -0.05) is 32.3 Å². The summed E-state index contributed by atoms with van der Waals surface area (Å²) >= 11 is 0. The van der Waals surface area contributed by atoms with Crippen molar-refractivity contribution in [3.63, 3.8) is 0 Å². The van der Waals surface area contributed by atoms with E-state index in [1.165, 1.54) is 19.3 Å². The predicted octanol–water partition coefficient (Wildman–Crippen LogP) is 2.63. The Morgan fingerprint density at radius 3 is 2.12 bits per heavy atom. The van der Waals surface area contributed by atoms with Crippen molar-refractivity contribution in [2.45, 2.75) is 45.8 Å².